The molecule has 0 atom stereocenters. The van der Waals surface area contributed by atoms with Crippen molar-refractivity contribution in [2.24, 2.45) is 0 Å². The number of hydrogen-bond donors (Lipinski definition) is 1. The first-order chi connectivity index (χ1) is 11.2. The molecule has 1 fully saturated rings. The van der Waals surface area contributed by atoms with Crippen molar-refractivity contribution in [2.75, 3.05) is 31.5 Å². The molecule has 0 saturated carbocycles. The lowest BCUT2D eigenvalue weighted by atomic mass is 10.2. The van der Waals surface area contributed by atoms with Gasteiger partial charge in [-0.2, -0.15) is 0 Å². The molecule has 1 aromatic carbocycles. The van der Waals surface area contributed by atoms with E-state index in [0.717, 1.165) is 38.4 Å². The van der Waals surface area contributed by atoms with E-state index in [0.29, 0.717) is 5.02 Å². The maximum Gasteiger partial charge on any atom is 0.321 e. The van der Waals surface area contributed by atoms with Gasteiger partial charge >= 0.3 is 6.03 Å². The molecule has 0 bridgehead atoms. The molecule has 0 aliphatic carbocycles. The number of carbonyl (C=O) groups is 1. The lowest BCUT2D eigenvalue weighted by Gasteiger charge is -2.34. The summed E-state index contributed by atoms with van der Waals surface area (Å²) in [6, 6.07) is 11.2. The second kappa shape index (κ2) is 7.44. The Bertz CT molecular complexity index is 657. The number of halogens is 1. The van der Waals surface area contributed by atoms with Gasteiger partial charge in [0.05, 0.1) is 0 Å². The van der Waals surface area contributed by atoms with Crippen LogP contribution in [0.1, 0.15) is 5.56 Å². The van der Waals surface area contributed by atoms with Gasteiger partial charge in [-0.25, -0.2) is 4.79 Å². The van der Waals surface area contributed by atoms with Gasteiger partial charge in [0.2, 0.25) is 0 Å². The molecule has 2 heterocycles. The second-order valence-electron chi connectivity index (χ2n) is 5.56. The van der Waals surface area contributed by atoms with Crippen LogP contribution >= 0.6 is 11.6 Å². The molecule has 6 heteroatoms. The van der Waals surface area contributed by atoms with Crippen molar-refractivity contribution in [1.82, 2.24) is 14.8 Å². The quantitative estimate of drug-likeness (QED) is 0.940. The van der Waals surface area contributed by atoms with Gasteiger partial charge in [-0.3, -0.25) is 9.88 Å². The largest absolute Gasteiger partial charge is 0.322 e. The van der Waals surface area contributed by atoms with Gasteiger partial charge in [-0.1, -0.05) is 17.7 Å². The second-order valence-corrected chi connectivity index (χ2v) is 6.00. The molecular weight excluding hydrogens is 312 g/mol. The number of carbonyl (C=O) groups excluding carboxylic acids is 1. The molecule has 1 saturated heterocycles. The minimum Gasteiger partial charge on any atom is -0.322 e. The number of hydrogen-bond acceptors (Lipinski definition) is 3. The summed E-state index contributed by atoms with van der Waals surface area (Å²) in [5.41, 5.74) is 1.97. The summed E-state index contributed by atoms with van der Waals surface area (Å²) in [7, 11) is 0. The van der Waals surface area contributed by atoms with Crippen LogP contribution in [-0.2, 0) is 6.54 Å². The van der Waals surface area contributed by atoms with Crippen LogP contribution in [0.25, 0.3) is 0 Å². The van der Waals surface area contributed by atoms with Crippen LogP contribution in [0.5, 0.6) is 0 Å². The summed E-state index contributed by atoms with van der Waals surface area (Å²) in [5.74, 6) is 0. The lowest BCUT2D eigenvalue weighted by Crippen LogP contribution is -2.49. The van der Waals surface area contributed by atoms with E-state index in [4.69, 9.17) is 11.6 Å². The standard InChI is InChI=1S/C17H19ClN4O/c18-15-2-1-3-16(12-15)20-17(23)22-10-8-21(9-11-22)13-14-4-6-19-7-5-14/h1-7,12H,8-11,13H2,(H,20,23). The Morgan fingerprint density at radius 3 is 2.57 bits per heavy atom. The topological polar surface area (TPSA) is 48.5 Å². The molecule has 0 radical (unpaired) electrons. The van der Waals surface area contributed by atoms with E-state index in [1.54, 1.807) is 12.1 Å². The van der Waals surface area contributed by atoms with Gasteiger partial charge in [-0.05, 0) is 35.9 Å². The Labute approximate surface area is 140 Å². The van der Waals surface area contributed by atoms with Crippen molar-refractivity contribution in [3.63, 3.8) is 0 Å². The minimum atomic E-state index is -0.0733. The van der Waals surface area contributed by atoms with E-state index in [1.165, 1.54) is 5.56 Å². The summed E-state index contributed by atoms with van der Waals surface area (Å²) in [6.07, 6.45) is 3.62. The first kappa shape index (κ1) is 15.8. The molecule has 23 heavy (non-hydrogen) atoms. The van der Waals surface area contributed by atoms with Crippen molar-refractivity contribution < 1.29 is 4.79 Å². The molecule has 5 nitrogen and oxygen atoms in total. The molecule has 1 aliphatic heterocycles. The molecular formula is C17H19ClN4O. The number of piperazine rings is 1. The van der Waals surface area contributed by atoms with Crippen molar-refractivity contribution in [3.8, 4) is 0 Å². The Morgan fingerprint density at radius 1 is 1.13 bits per heavy atom. The highest BCUT2D eigenvalue weighted by Gasteiger charge is 2.21. The van der Waals surface area contributed by atoms with E-state index < -0.39 is 0 Å². The third-order valence-electron chi connectivity index (χ3n) is 3.89. The highest BCUT2D eigenvalue weighted by atomic mass is 35.5. The average Bonchev–Trinajstić information content (AvgIpc) is 2.56. The van der Waals surface area contributed by atoms with Gasteiger partial charge in [-0.15, -0.1) is 0 Å². The maximum atomic E-state index is 12.3. The van der Waals surface area contributed by atoms with E-state index in [9.17, 15) is 4.79 Å². The van der Waals surface area contributed by atoms with Crippen molar-refractivity contribution >= 4 is 23.3 Å². The van der Waals surface area contributed by atoms with Gasteiger partial charge < -0.3 is 10.2 Å². The molecule has 1 N–H and O–H groups in total. The molecule has 3 rings (SSSR count). The predicted molar refractivity (Wildman–Crippen MR) is 91.6 cm³/mol. The maximum absolute atomic E-state index is 12.3. The number of nitrogens with zero attached hydrogens (tertiary/aromatic N) is 3. The summed E-state index contributed by atoms with van der Waals surface area (Å²) in [6.45, 7) is 4.07. The Balaban J connectivity index is 1.49. The van der Waals surface area contributed by atoms with E-state index in [-0.39, 0.29) is 6.03 Å². The molecule has 2 aromatic rings. The first-order valence-electron chi connectivity index (χ1n) is 7.63. The SMILES string of the molecule is O=C(Nc1cccc(Cl)c1)N1CCN(Cc2ccncc2)CC1. The fraction of sp³-hybridized carbons (Fsp3) is 0.294. The number of urea groups is 1. The molecule has 120 valence electrons. The Hall–Kier alpha value is -2.11. The van der Waals surface area contributed by atoms with E-state index in [2.05, 4.69) is 15.2 Å². The van der Waals surface area contributed by atoms with Gasteiger partial charge in [0.25, 0.3) is 0 Å². The van der Waals surface area contributed by atoms with Crippen LogP contribution in [0.15, 0.2) is 48.8 Å². The number of benzene rings is 1. The van der Waals surface area contributed by atoms with Crippen molar-refractivity contribution in [3.05, 3.63) is 59.4 Å². The van der Waals surface area contributed by atoms with E-state index in [1.807, 2.05) is 41.6 Å². The monoisotopic (exact) mass is 330 g/mol. The highest BCUT2D eigenvalue weighted by molar-refractivity contribution is 6.30. The van der Waals surface area contributed by atoms with Crippen LogP contribution in [0.3, 0.4) is 0 Å². The Morgan fingerprint density at radius 2 is 1.87 bits per heavy atom. The van der Waals surface area contributed by atoms with Crippen LogP contribution < -0.4 is 5.32 Å². The van der Waals surface area contributed by atoms with E-state index >= 15 is 0 Å². The molecule has 1 aliphatic rings. The third-order valence-corrected chi connectivity index (χ3v) is 4.13. The first-order valence-corrected chi connectivity index (χ1v) is 8.01. The predicted octanol–water partition coefficient (Wildman–Crippen LogP) is 3.08. The minimum absolute atomic E-state index is 0.0733. The number of anilines is 1. The number of amides is 2. The number of rotatable bonds is 3. The van der Waals surface area contributed by atoms with Gasteiger partial charge in [0.15, 0.2) is 0 Å². The fourth-order valence-electron chi connectivity index (χ4n) is 2.62. The molecule has 0 spiro atoms. The summed E-state index contributed by atoms with van der Waals surface area (Å²) >= 11 is 5.93. The van der Waals surface area contributed by atoms with Gasteiger partial charge in [0.1, 0.15) is 0 Å². The van der Waals surface area contributed by atoms with Crippen LogP contribution in [0.2, 0.25) is 5.02 Å². The third kappa shape index (κ3) is 4.43. The summed E-state index contributed by atoms with van der Waals surface area (Å²) < 4.78 is 0. The number of pyridine rings is 1. The highest BCUT2D eigenvalue weighted by Crippen LogP contribution is 2.16. The van der Waals surface area contributed by atoms with Crippen LogP contribution in [0, 0.1) is 0 Å². The normalized spacial score (nSPS) is 15.4. The summed E-state index contributed by atoms with van der Waals surface area (Å²) in [5, 5.41) is 3.51. The van der Waals surface area contributed by atoms with Crippen LogP contribution in [0.4, 0.5) is 10.5 Å². The van der Waals surface area contributed by atoms with Crippen LogP contribution in [-0.4, -0.2) is 47.0 Å². The number of nitrogens with one attached hydrogen (secondary N) is 1. The summed E-state index contributed by atoms with van der Waals surface area (Å²) in [4.78, 5) is 20.5. The van der Waals surface area contributed by atoms with Gasteiger partial charge in [0, 0.05) is 55.8 Å². The lowest BCUT2D eigenvalue weighted by molar-refractivity contribution is 0.143. The zero-order valence-corrected chi connectivity index (χ0v) is 13.5. The Kier molecular flexibility index (Phi) is 5.10. The fourth-order valence-corrected chi connectivity index (χ4v) is 2.81. The molecule has 0 unspecified atom stereocenters. The average molecular weight is 331 g/mol. The molecule has 2 amide bonds. The zero-order valence-electron chi connectivity index (χ0n) is 12.8. The van der Waals surface area contributed by atoms with Crippen molar-refractivity contribution in [1.29, 1.82) is 0 Å². The number of aromatic nitrogens is 1. The van der Waals surface area contributed by atoms with Crippen molar-refractivity contribution in [2.45, 2.75) is 6.54 Å². The smallest absolute Gasteiger partial charge is 0.321 e. The molecule has 1 aromatic heterocycles. The zero-order chi connectivity index (χ0) is 16.1.